The minimum Gasteiger partial charge on any atom is -0.481 e. The number of carboxylic acid groups (broad SMARTS) is 1. The van der Waals surface area contributed by atoms with Crippen LogP contribution in [0.1, 0.15) is 5.56 Å². The number of nitrogens with one attached hydrogen (secondary N) is 1. The quantitative estimate of drug-likeness (QED) is 0.668. The zero-order valence-corrected chi connectivity index (χ0v) is 6.76. The van der Waals surface area contributed by atoms with E-state index in [0.29, 0.717) is 0 Å². The van der Waals surface area contributed by atoms with Crippen molar-refractivity contribution >= 4 is 17.6 Å². The van der Waals surface area contributed by atoms with Gasteiger partial charge in [-0.15, -0.1) is 0 Å². The monoisotopic (exact) mass is 187 g/mol. The van der Waals surface area contributed by atoms with Crippen LogP contribution in [0.25, 0.3) is 0 Å². The molecule has 1 aromatic rings. The minimum atomic E-state index is -1.04. The first-order valence-corrected chi connectivity index (χ1v) is 3.56. The standard InChI is InChI=1S/C7H6ClNO3/c8-6-2-5(10)4(3-9-6)1-7(11)12/h2-3H,1H2,(H,9,10)(H,11,12). The van der Waals surface area contributed by atoms with Crippen LogP contribution >= 0.6 is 11.6 Å². The van der Waals surface area contributed by atoms with Gasteiger partial charge in [-0.2, -0.15) is 0 Å². The van der Waals surface area contributed by atoms with Crippen LogP contribution in [0.3, 0.4) is 0 Å². The maximum absolute atomic E-state index is 11.0. The van der Waals surface area contributed by atoms with Crippen molar-refractivity contribution in [1.29, 1.82) is 0 Å². The molecular weight excluding hydrogens is 182 g/mol. The van der Waals surface area contributed by atoms with Crippen LogP contribution in [0.2, 0.25) is 5.15 Å². The summed E-state index contributed by atoms with van der Waals surface area (Å²) >= 11 is 5.45. The predicted octanol–water partition coefficient (Wildman–Crippen LogP) is 0.655. The summed E-state index contributed by atoms with van der Waals surface area (Å²) in [6.45, 7) is 0. The fourth-order valence-corrected chi connectivity index (χ4v) is 0.931. The molecule has 0 fully saturated rings. The molecule has 0 amide bonds. The molecule has 0 atom stereocenters. The first-order chi connectivity index (χ1) is 5.59. The lowest BCUT2D eigenvalue weighted by Crippen LogP contribution is -2.12. The third-order valence-corrected chi connectivity index (χ3v) is 1.52. The van der Waals surface area contributed by atoms with Gasteiger partial charge in [-0.1, -0.05) is 11.6 Å². The molecule has 1 aromatic heterocycles. The number of rotatable bonds is 2. The Balaban J connectivity index is 3.02. The van der Waals surface area contributed by atoms with Crippen molar-refractivity contribution in [2.24, 2.45) is 0 Å². The van der Waals surface area contributed by atoms with E-state index in [-0.39, 0.29) is 22.6 Å². The van der Waals surface area contributed by atoms with E-state index in [9.17, 15) is 9.59 Å². The van der Waals surface area contributed by atoms with E-state index in [0.717, 1.165) is 6.07 Å². The van der Waals surface area contributed by atoms with Gasteiger partial charge in [0, 0.05) is 17.8 Å². The van der Waals surface area contributed by atoms with Crippen LogP contribution in [0.15, 0.2) is 17.1 Å². The maximum Gasteiger partial charge on any atom is 0.308 e. The molecule has 0 saturated carbocycles. The highest BCUT2D eigenvalue weighted by Crippen LogP contribution is 2.00. The van der Waals surface area contributed by atoms with Gasteiger partial charge in [0.15, 0.2) is 5.43 Å². The Hall–Kier alpha value is -1.29. The van der Waals surface area contributed by atoms with E-state index in [4.69, 9.17) is 16.7 Å². The van der Waals surface area contributed by atoms with Gasteiger partial charge < -0.3 is 10.1 Å². The van der Waals surface area contributed by atoms with Gasteiger partial charge in [0.25, 0.3) is 0 Å². The smallest absolute Gasteiger partial charge is 0.308 e. The summed E-state index contributed by atoms with van der Waals surface area (Å²) in [7, 11) is 0. The van der Waals surface area contributed by atoms with E-state index >= 15 is 0 Å². The Morgan fingerprint density at radius 3 is 2.83 bits per heavy atom. The number of aliphatic carboxylic acids is 1. The largest absolute Gasteiger partial charge is 0.481 e. The average Bonchev–Trinajstić information content (AvgIpc) is 1.94. The molecule has 0 radical (unpaired) electrons. The lowest BCUT2D eigenvalue weighted by atomic mass is 10.2. The van der Waals surface area contributed by atoms with Crippen LogP contribution in [0, 0.1) is 0 Å². The summed E-state index contributed by atoms with van der Waals surface area (Å²) in [4.78, 5) is 23.8. The van der Waals surface area contributed by atoms with Gasteiger partial charge in [0.05, 0.1) is 6.42 Å². The number of hydrogen-bond donors (Lipinski definition) is 2. The number of carboxylic acids is 1. The molecular formula is C7H6ClNO3. The molecule has 64 valence electrons. The molecule has 0 unspecified atom stereocenters. The van der Waals surface area contributed by atoms with Gasteiger partial charge in [0.1, 0.15) is 5.15 Å². The van der Waals surface area contributed by atoms with Gasteiger partial charge in [-0.05, 0) is 0 Å². The van der Waals surface area contributed by atoms with Crippen LogP contribution in [-0.2, 0) is 11.2 Å². The van der Waals surface area contributed by atoms with Crippen molar-refractivity contribution in [3.05, 3.63) is 33.2 Å². The van der Waals surface area contributed by atoms with Crippen LogP contribution in [-0.4, -0.2) is 16.1 Å². The second-order valence-electron chi connectivity index (χ2n) is 2.24. The highest BCUT2D eigenvalue weighted by Gasteiger charge is 2.04. The molecule has 0 saturated heterocycles. The summed E-state index contributed by atoms with van der Waals surface area (Å²) in [5.74, 6) is -1.04. The van der Waals surface area contributed by atoms with Gasteiger partial charge in [-0.3, -0.25) is 9.59 Å². The molecule has 0 spiro atoms. The highest BCUT2D eigenvalue weighted by atomic mass is 35.5. The first kappa shape index (κ1) is 8.80. The summed E-state index contributed by atoms with van der Waals surface area (Å²) in [6, 6.07) is 1.15. The molecule has 2 N–H and O–H groups in total. The summed E-state index contributed by atoms with van der Waals surface area (Å²) < 4.78 is 0. The molecule has 12 heavy (non-hydrogen) atoms. The van der Waals surface area contributed by atoms with Crippen molar-refractivity contribution in [3.8, 4) is 0 Å². The number of pyridine rings is 1. The van der Waals surface area contributed by atoms with Crippen molar-refractivity contribution in [2.75, 3.05) is 0 Å². The second-order valence-corrected chi connectivity index (χ2v) is 2.65. The Labute approximate surface area is 72.8 Å². The van der Waals surface area contributed by atoms with Crippen molar-refractivity contribution in [1.82, 2.24) is 4.98 Å². The Morgan fingerprint density at radius 1 is 1.67 bits per heavy atom. The molecule has 0 aliphatic heterocycles. The molecule has 1 heterocycles. The zero-order valence-electron chi connectivity index (χ0n) is 6.00. The minimum absolute atomic E-state index is 0.201. The molecule has 0 bridgehead atoms. The number of H-pyrrole nitrogens is 1. The normalized spacial score (nSPS) is 9.75. The second kappa shape index (κ2) is 3.40. The number of halogens is 1. The zero-order chi connectivity index (χ0) is 9.14. The van der Waals surface area contributed by atoms with E-state index in [1.165, 1.54) is 6.20 Å². The summed E-state index contributed by atoms with van der Waals surface area (Å²) in [5.41, 5.74) is -0.159. The molecule has 4 nitrogen and oxygen atoms in total. The van der Waals surface area contributed by atoms with E-state index in [1.807, 2.05) is 0 Å². The number of aromatic amines is 1. The van der Waals surface area contributed by atoms with E-state index in [2.05, 4.69) is 4.98 Å². The Kier molecular flexibility index (Phi) is 2.50. The Bertz CT molecular complexity index is 358. The van der Waals surface area contributed by atoms with Gasteiger partial charge in [0.2, 0.25) is 0 Å². The lowest BCUT2D eigenvalue weighted by Gasteiger charge is -1.95. The fraction of sp³-hybridized carbons (Fsp3) is 0.143. The van der Waals surface area contributed by atoms with Gasteiger partial charge in [-0.25, -0.2) is 0 Å². The summed E-state index contributed by atoms with van der Waals surface area (Å²) in [6.07, 6.45) is 1.02. The predicted molar refractivity (Wildman–Crippen MR) is 43.4 cm³/mol. The van der Waals surface area contributed by atoms with Crippen LogP contribution in [0.5, 0.6) is 0 Å². The van der Waals surface area contributed by atoms with Crippen molar-refractivity contribution < 1.29 is 9.90 Å². The third kappa shape index (κ3) is 2.10. The molecule has 0 aliphatic carbocycles. The topological polar surface area (TPSA) is 70.2 Å². The van der Waals surface area contributed by atoms with E-state index in [1.54, 1.807) is 0 Å². The number of aromatic nitrogens is 1. The lowest BCUT2D eigenvalue weighted by molar-refractivity contribution is -0.136. The number of carbonyl (C=O) groups is 1. The van der Waals surface area contributed by atoms with Gasteiger partial charge >= 0.3 is 5.97 Å². The van der Waals surface area contributed by atoms with Crippen molar-refractivity contribution in [3.63, 3.8) is 0 Å². The summed E-state index contributed by atoms with van der Waals surface area (Å²) in [5, 5.41) is 8.58. The van der Waals surface area contributed by atoms with E-state index < -0.39 is 5.97 Å². The molecule has 5 heteroatoms. The molecule has 1 rings (SSSR count). The van der Waals surface area contributed by atoms with Crippen LogP contribution < -0.4 is 5.43 Å². The SMILES string of the molecule is O=C(O)Cc1c[nH]c(Cl)cc1=O. The number of hydrogen-bond acceptors (Lipinski definition) is 2. The first-order valence-electron chi connectivity index (χ1n) is 3.18. The third-order valence-electron chi connectivity index (χ3n) is 1.30. The van der Waals surface area contributed by atoms with Crippen LogP contribution in [0.4, 0.5) is 0 Å². The molecule has 0 aliphatic rings. The molecule has 0 aromatic carbocycles. The fourth-order valence-electron chi connectivity index (χ4n) is 0.778. The average molecular weight is 188 g/mol. The Morgan fingerprint density at radius 2 is 2.33 bits per heavy atom. The highest BCUT2D eigenvalue weighted by molar-refractivity contribution is 6.29. The van der Waals surface area contributed by atoms with Crippen molar-refractivity contribution in [2.45, 2.75) is 6.42 Å². The maximum atomic E-state index is 11.0.